The molecule has 0 amide bonds. The first-order valence-corrected chi connectivity index (χ1v) is 2.44. The van der Waals surface area contributed by atoms with E-state index in [-0.39, 0.29) is 0 Å². The van der Waals surface area contributed by atoms with Gasteiger partial charge in [-0.15, -0.1) is 6.58 Å². The minimum atomic E-state index is 0.662. The third-order valence-electron chi connectivity index (χ3n) is 0.220. The van der Waals surface area contributed by atoms with Crippen LogP contribution >= 0.6 is 8.37 Å². The summed E-state index contributed by atoms with van der Waals surface area (Å²) in [5, 5.41) is 6.50. The van der Waals surface area contributed by atoms with Crippen molar-refractivity contribution in [3.63, 3.8) is 0 Å². The van der Waals surface area contributed by atoms with Gasteiger partial charge in [0, 0.05) is 14.5 Å². The maximum atomic E-state index is 6.50. The molecule has 2 heteroatoms. The molecule has 28 valence electrons. The summed E-state index contributed by atoms with van der Waals surface area (Å²) in [7, 11) is 0.662. The van der Waals surface area contributed by atoms with Crippen LogP contribution in [0.2, 0.25) is 0 Å². The SMILES string of the molecule is C=CCP=N. The number of rotatable bonds is 2. The highest BCUT2D eigenvalue weighted by atomic mass is 31.1. The second-order valence-electron chi connectivity index (χ2n) is 0.629. The van der Waals surface area contributed by atoms with E-state index in [4.69, 9.17) is 5.16 Å². The fourth-order valence-electron chi connectivity index (χ4n) is 0.0645. The van der Waals surface area contributed by atoms with Crippen molar-refractivity contribution in [3.05, 3.63) is 12.7 Å². The molecule has 0 aliphatic heterocycles. The fourth-order valence-corrected chi connectivity index (χ4v) is 0.194. The summed E-state index contributed by atoms with van der Waals surface area (Å²) in [6.45, 7) is 3.42. The van der Waals surface area contributed by atoms with E-state index in [1.54, 1.807) is 6.08 Å². The molecule has 0 saturated heterocycles. The average Bonchev–Trinajstić information content (AvgIpc) is 1.41. The van der Waals surface area contributed by atoms with Crippen molar-refractivity contribution in [3.8, 4) is 0 Å². The zero-order valence-corrected chi connectivity index (χ0v) is 3.83. The Morgan fingerprint density at radius 1 is 2.00 bits per heavy atom. The van der Waals surface area contributed by atoms with Gasteiger partial charge in [0.1, 0.15) is 0 Å². The van der Waals surface area contributed by atoms with Gasteiger partial charge in [0.15, 0.2) is 0 Å². The molecule has 0 unspecified atom stereocenters. The smallest absolute Gasteiger partial charge is 0.0244 e. The van der Waals surface area contributed by atoms with Crippen LogP contribution in [0.5, 0.6) is 0 Å². The molecule has 1 N–H and O–H groups in total. The van der Waals surface area contributed by atoms with Crippen LogP contribution in [0.3, 0.4) is 0 Å². The first-order chi connectivity index (χ1) is 2.41. The molecule has 1 nitrogen and oxygen atoms in total. The van der Waals surface area contributed by atoms with E-state index >= 15 is 0 Å². The van der Waals surface area contributed by atoms with Crippen molar-refractivity contribution in [1.82, 2.24) is 0 Å². The second kappa shape index (κ2) is 3.84. The number of hydrogen-bond acceptors (Lipinski definition) is 1. The zero-order valence-electron chi connectivity index (χ0n) is 2.94. The van der Waals surface area contributed by atoms with Crippen molar-refractivity contribution in [1.29, 1.82) is 5.16 Å². The van der Waals surface area contributed by atoms with Crippen LogP contribution in [0.4, 0.5) is 0 Å². The lowest BCUT2D eigenvalue weighted by molar-refractivity contribution is 1.61. The Morgan fingerprint density at radius 2 is 2.60 bits per heavy atom. The van der Waals surface area contributed by atoms with Crippen molar-refractivity contribution < 1.29 is 0 Å². The summed E-state index contributed by atoms with van der Waals surface area (Å²) in [5.74, 6) is 0. The lowest BCUT2D eigenvalue weighted by Gasteiger charge is -1.61. The summed E-state index contributed by atoms with van der Waals surface area (Å²) in [5.41, 5.74) is 0. The molecule has 0 radical (unpaired) electrons. The van der Waals surface area contributed by atoms with Crippen LogP contribution in [-0.4, -0.2) is 6.16 Å². The van der Waals surface area contributed by atoms with E-state index in [0.717, 1.165) is 6.16 Å². The quantitative estimate of drug-likeness (QED) is 0.392. The van der Waals surface area contributed by atoms with Crippen molar-refractivity contribution in [2.24, 2.45) is 0 Å². The number of hydrogen-bond donors (Lipinski definition) is 1. The monoisotopic (exact) mass is 87.0 g/mol. The van der Waals surface area contributed by atoms with Gasteiger partial charge in [-0.1, -0.05) is 6.08 Å². The maximum Gasteiger partial charge on any atom is 0.0244 e. The summed E-state index contributed by atoms with van der Waals surface area (Å²) < 4.78 is 0. The molecular weight excluding hydrogens is 81.0 g/mol. The van der Waals surface area contributed by atoms with Crippen LogP contribution in [0.1, 0.15) is 0 Å². The van der Waals surface area contributed by atoms with Gasteiger partial charge in [-0.3, -0.25) is 5.16 Å². The van der Waals surface area contributed by atoms with Crippen molar-refractivity contribution in [2.45, 2.75) is 0 Å². The van der Waals surface area contributed by atoms with Gasteiger partial charge in [-0.25, -0.2) is 0 Å². The largest absolute Gasteiger partial charge is 0.284 e. The second-order valence-corrected chi connectivity index (χ2v) is 1.31. The highest BCUT2D eigenvalue weighted by Crippen LogP contribution is 1.87. The standard InChI is InChI=1S/C3H6NP/c1-2-3-5-4/h2,4H,1,3H2. The molecule has 0 spiro atoms. The van der Waals surface area contributed by atoms with Gasteiger partial charge in [-0.05, 0) is 0 Å². The molecule has 0 atom stereocenters. The fraction of sp³-hybridized carbons (Fsp3) is 0.333. The summed E-state index contributed by atoms with van der Waals surface area (Å²) in [4.78, 5) is 0. The van der Waals surface area contributed by atoms with Gasteiger partial charge in [0.05, 0.1) is 0 Å². The van der Waals surface area contributed by atoms with E-state index in [9.17, 15) is 0 Å². The Hall–Kier alpha value is -0.160. The average molecular weight is 87.1 g/mol. The van der Waals surface area contributed by atoms with Crippen molar-refractivity contribution in [2.75, 3.05) is 6.16 Å². The third kappa shape index (κ3) is 3.84. The molecule has 0 heterocycles. The third-order valence-corrected chi connectivity index (χ3v) is 0.661. The topological polar surface area (TPSA) is 23.9 Å². The normalized spacial score (nSPS) is 8.00. The predicted molar refractivity (Wildman–Crippen MR) is 24.7 cm³/mol. The van der Waals surface area contributed by atoms with Crippen LogP contribution in [0.25, 0.3) is 0 Å². The first kappa shape index (κ1) is 4.84. The Labute approximate surface area is 33.4 Å². The molecule has 0 aromatic carbocycles. The highest BCUT2D eigenvalue weighted by molar-refractivity contribution is 7.25. The van der Waals surface area contributed by atoms with E-state index in [2.05, 4.69) is 6.58 Å². The molecule has 0 saturated carbocycles. The summed E-state index contributed by atoms with van der Waals surface area (Å²) >= 11 is 0. The van der Waals surface area contributed by atoms with Gasteiger partial charge in [-0.2, -0.15) is 0 Å². The molecule has 0 bridgehead atoms. The van der Waals surface area contributed by atoms with Gasteiger partial charge in [0.25, 0.3) is 0 Å². The molecule has 0 aromatic rings. The van der Waals surface area contributed by atoms with Crippen LogP contribution in [0.15, 0.2) is 12.7 Å². The van der Waals surface area contributed by atoms with Crippen molar-refractivity contribution >= 4 is 8.37 Å². The first-order valence-electron chi connectivity index (χ1n) is 1.36. The van der Waals surface area contributed by atoms with Gasteiger partial charge in [0.2, 0.25) is 0 Å². The number of allylic oxidation sites excluding steroid dienone is 1. The molecule has 0 aliphatic rings. The van der Waals surface area contributed by atoms with Gasteiger partial charge >= 0.3 is 0 Å². The lowest BCUT2D eigenvalue weighted by atomic mass is 10.8. The number of nitrogens with one attached hydrogen (secondary N) is 1. The molecule has 0 aliphatic carbocycles. The van der Waals surface area contributed by atoms with Crippen LogP contribution < -0.4 is 0 Å². The summed E-state index contributed by atoms with van der Waals surface area (Å²) in [6.07, 6.45) is 2.52. The zero-order chi connectivity index (χ0) is 4.12. The molecule has 5 heavy (non-hydrogen) atoms. The predicted octanol–water partition coefficient (Wildman–Crippen LogP) is 1.88. The van der Waals surface area contributed by atoms with E-state index in [0.29, 0.717) is 8.37 Å². The Balaban J connectivity index is 2.65. The molecule has 0 aromatic heterocycles. The minimum absolute atomic E-state index is 0.662. The molecular formula is C3H6NP. The van der Waals surface area contributed by atoms with Gasteiger partial charge < -0.3 is 0 Å². The van der Waals surface area contributed by atoms with E-state index in [1.807, 2.05) is 0 Å². The molecule has 0 fully saturated rings. The minimum Gasteiger partial charge on any atom is -0.284 e. The molecule has 0 rings (SSSR count). The lowest BCUT2D eigenvalue weighted by Crippen LogP contribution is -1.46. The Bertz CT molecular complexity index is 36.2. The van der Waals surface area contributed by atoms with E-state index in [1.165, 1.54) is 0 Å². The Kier molecular flexibility index (Phi) is 3.72. The summed E-state index contributed by atoms with van der Waals surface area (Å²) in [6, 6.07) is 0. The Morgan fingerprint density at radius 3 is 2.60 bits per heavy atom. The van der Waals surface area contributed by atoms with Crippen LogP contribution in [-0.2, 0) is 0 Å². The maximum absolute atomic E-state index is 6.50. The van der Waals surface area contributed by atoms with Crippen LogP contribution in [0, 0.1) is 5.16 Å². The highest BCUT2D eigenvalue weighted by Gasteiger charge is 1.56. The van der Waals surface area contributed by atoms with E-state index < -0.39 is 0 Å².